The van der Waals surface area contributed by atoms with Crippen LogP contribution in [0.25, 0.3) is 0 Å². The molecular weight excluding hydrogens is 382 g/mol. The molecule has 7 heteroatoms. The van der Waals surface area contributed by atoms with Crippen LogP contribution >= 0.6 is 0 Å². The molecular formula is C23H27N3O4. The van der Waals surface area contributed by atoms with E-state index in [1.165, 1.54) is 0 Å². The third kappa shape index (κ3) is 3.87. The Labute approximate surface area is 176 Å². The van der Waals surface area contributed by atoms with Gasteiger partial charge in [0, 0.05) is 0 Å². The largest absolute Gasteiger partial charge is 0.496 e. The van der Waals surface area contributed by atoms with Crippen molar-refractivity contribution in [3.63, 3.8) is 0 Å². The third-order valence-electron chi connectivity index (χ3n) is 5.57. The van der Waals surface area contributed by atoms with E-state index in [9.17, 15) is 14.4 Å². The quantitative estimate of drug-likeness (QED) is 0.688. The van der Waals surface area contributed by atoms with Crippen molar-refractivity contribution in [2.24, 2.45) is 0 Å². The van der Waals surface area contributed by atoms with E-state index in [0.29, 0.717) is 17.7 Å². The topological polar surface area (TPSA) is 87.7 Å². The second-order valence-electron chi connectivity index (χ2n) is 7.46. The van der Waals surface area contributed by atoms with Crippen molar-refractivity contribution in [2.45, 2.75) is 38.8 Å². The molecule has 30 heavy (non-hydrogen) atoms. The molecule has 2 aromatic carbocycles. The molecule has 1 saturated heterocycles. The molecule has 1 aliphatic rings. The Bertz CT molecular complexity index is 960. The molecule has 0 spiro atoms. The van der Waals surface area contributed by atoms with Crippen LogP contribution in [0.3, 0.4) is 0 Å². The summed E-state index contributed by atoms with van der Waals surface area (Å²) >= 11 is 0. The minimum absolute atomic E-state index is 0.236. The third-order valence-corrected chi connectivity index (χ3v) is 5.57. The van der Waals surface area contributed by atoms with Crippen LogP contribution in [-0.2, 0) is 15.1 Å². The Balaban J connectivity index is 1.77. The van der Waals surface area contributed by atoms with Gasteiger partial charge in [0.2, 0.25) is 5.91 Å². The number of carbonyl (C=O) groups excluding carboxylic acids is 3. The number of urea groups is 1. The van der Waals surface area contributed by atoms with Crippen molar-refractivity contribution in [1.82, 2.24) is 15.5 Å². The zero-order valence-corrected chi connectivity index (χ0v) is 17.7. The van der Waals surface area contributed by atoms with Crippen LogP contribution in [0.15, 0.2) is 48.5 Å². The number of amides is 4. The van der Waals surface area contributed by atoms with Gasteiger partial charge < -0.3 is 15.4 Å². The lowest BCUT2D eigenvalue weighted by Crippen LogP contribution is -2.45. The molecule has 2 aromatic rings. The molecule has 7 nitrogen and oxygen atoms in total. The highest BCUT2D eigenvalue weighted by atomic mass is 16.5. The highest BCUT2D eigenvalue weighted by molar-refractivity contribution is 6.09. The van der Waals surface area contributed by atoms with Crippen molar-refractivity contribution in [1.29, 1.82) is 0 Å². The zero-order valence-electron chi connectivity index (χ0n) is 17.7. The first-order chi connectivity index (χ1) is 14.3. The molecule has 1 fully saturated rings. The number of benzene rings is 2. The molecule has 158 valence electrons. The number of imide groups is 1. The van der Waals surface area contributed by atoms with E-state index in [1.807, 2.05) is 57.2 Å². The fourth-order valence-electron chi connectivity index (χ4n) is 3.81. The number of methoxy groups -OCH3 is 1. The lowest BCUT2D eigenvalue weighted by atomic mass is 9.86. The average Bonchev–Trinajstić information content (AvgIpc) is 2.99. The maximum Gasteiger partial charge on any atom is 0.325 e. The first-order valence-electron chi connectivity index (χ1n) is 9.96. The average molecular weight is 409 g/mol. The van der Waals surface area contributed by atoms with Crippen LogP contribution < -0.4 is 15.4 Å². The monoisotopic (exact) mass is 409 g/mol. The Hall–Kier alpha value is -3.35. The van der Waals surface area contributed by atoms with Gasteiger partial charge in [-0.3, -0.25) is 14.5 Å². The van der Waals surface area contributed by atoms with Crippen LogP contribution in [-0.4, -0.2) is 36.4 Å². The standard InChI is InChI=1S/C23H27N3O4/c1-5-23(18-11-12-19(30-4)15(2)13-18)21(28)26(22(29)25-23)14-20(27)24-16(3)17-9-7-6-8-10-17/h6-13,16H,5,14H2,1-4H3,(H,24,27)(H,25,29). The predicted molar refractivity (Wildman–Crippen MR) is 113 cm³/mol. The number of ether oxygens (including phenoxy) is 1. The number of hydrogen-bond donors (Lipinski definition) is 2. The minimum atomic E-state index is -1.19. The summed E-state index contributed by atoms with van der Waals surface area (Å²) in [5.74, 6) is -0.123. The van der Waals surface area contributed by atoms with E-state index in [1.54, 1.807) is 19.2 Å². The molecule has 0 radical (unpaired) electrons. The van der Waals surface area contributed by atoms with Gasteiger partial charge >= 0.3 is 6.03 Å². The summed E-state index contributed by atoms with van der Waals surface area (Å²) < 4.78 is 5.29. The second kappa shape index (κ2) is 8.57. The lowest BCUT2D eigenvalue weighted by molar-refractivity contribution is -0.135. The molecule has 0 saturated carbocycles. The SMILES string of the molecule is CCC1(c2ccc(OC)c(C)c2)NC(=O)N(CC(=O)NC(C)c2ccccc2)C1=O. The van der Waals surface area contributed by atoms with Gasteiger partial charge in [-0.25, -0.2) is 4.79 Å². The minimum Gasteiger partial charge on any atom is -0.496 e. The Morgan fingerprint density at radius 1 is 1.20 bits per heavy atom. The van der Waals surface area contributed by atoms with Crippen LogP contribution in [0.1, 0.15) is 43.0 Å². The fraction of sp³-hybridized carbons (Fsp3) is 0.348. The van der Waals surface area contributed by atoms with Crippen molar-refractivity contribution >= 4 is 17.8 Å². The summed E-state index contributed by atoms with van der Waals surface area (Å²) in [4.78, 5) is 39.4. The molecule has 0 aromatic heterocycles. The molecule has 2 unspecified atom stereocenters. The molecule has 2 atom stereocenters. The number of hydrogen-bond acceptors (Lipinski definition) is 4. The van der Waals surface area contributed by atoms with E-state index in [0.717, 1.165) is 16.0 Å². The van der Waals surface area contributed by atoms with Gasteiger partial charge in [-0.1, -0.05) is 43.3 Å². The van der Waals surface area contributed by atoms with Gasteiger partial charge in [-0.15, -0.1) is 0 Å². The fourth-order valence-corrected chi connectivity index (χ4v) is 3.81. The number of aryl methyl sites for hydroxylation is 1. The maximum atomic E-state index is 13.3. The van der Waals surface area contributed by atoms with Crippen molar-refractivity contribution in [3.8, 4) is 5.75 Å². The summed E-state index contributed by atoms with van der Waals surface area (Å²) in [6.45, 7) is 5.23. The van der Waals surface area contributed by atoms with Gasteiger partial charge in [-0.2, -0.15) is 0 Å². The number of carbonyl (C=O) groups is 3. The summed E-state index contributed by atoms with van der Waals surface area (Å²) in [5, 5.41) is 5.65. The predicted octanol–water partition coefficient (Wildman–Crippen LogP) is 3.04. The van der Waals surface area contributed by atoms with E-state index in [2.05, 4.69) is 10.6 Å². The van der Waals surface area contributed by atoms with E-state index in [4.69, 9.17) is 4.74 Å². The molecule has 4 amide bonds. The molecule has 0 aliphatic carbocycles. The Morgan fingerprint density at radius 2 is 1.90 bits per heavy atom. The molecule has 1 heterocycles. The molecule has 1 aliphatic heterocycles. The van der Waals surface area contributed by atoms with Crippen molar-refractivity contribution in [3.05, 3.63) is 65.2 Å². The number of nitrogens with zero attached hydrogens (tertiary/aromatic N) is 1. The summed E-state index contributed by atoms with van der Waals surface area (Å²) in [6.07, 6.45) is 0.363. The van der Waals surface area contributed by atoms with Crippen LogP contribution in [0.5, 0.6) is 5.75 Å². The van der Waals surface area contributed by atoms with Crippen LogP contribution in [0.2, 0.25) is 0 Å². The smallest absolute Gasteiger partial charge is 0.325 e. The van der Waals surface area contributed by atoms with E-state index < -0.39 is 23.4 Å². The van der Waals surface area contributed by atoms with E-state index in [-0.39, 0.29) is 12.6 Å². The second-order valence-corrected chi connectivity index (χ2v) is 7.46. The van der Waals surface area contributed by atoms with Gasteiger partial charge in [0.1, 0.15) is 17.8 Å². The van der Waals surface area contributed by atoms with Gasteiger partial charge in [0.05, 0.1) is 13.2 Å². The molecule has 3 rings (SSSR count). The normalized spacial score (nSPS) is 19.4. The van der Waals surface area contributed by atoms with Gasteiger partial charge in [-0.05, 0) is 49.1 Å². The lowest BCUT2D eigenvalue weighted by Gasteiger charge is -2.26. The summed E-state index contributed by atoms with van der Waals surface area (Å²) in [6, 6.07) is 14.1. The van der Waals surface area contributed by atoms with Gasteiger partial charge in [0.25, 0.3) is 5.91 Å². The van der Waals surface area contributed by atoms with E-state index >= 15 is 0 Å². The maximum absolute atomic E-state index is 13.3. The van der Waals surface area contributed by atoms with Crippen molar-refractivity contribution < 1.29 is 19.1 Å². The van der Waals surface area contributed by atoms with Crippen LogP contribution in [0, 0.1) is 6.92 Å². The first-order valence-corrected chi connectivity index (χ1v) is 9.96. The number of nitrogens with one attached hydrogen (secondary N) is 2. The van der Waals surface area contributed by atoms with Crippen LogP contribution in [0.4, 0.5) is 4.79 Å². The number of rotatable bonds is 7. The Morgan fingerprint density at radius 3 is 2.50 bits per heavy atom. The zero-order chi connectivity index (χ0) is 21.9. The summed E-state index contributed by atoms with van der Waals surface area (Å²) in [7, 11) is 1.58. The Kier molecular flexibility index (Phi) is 6.10. The van der Waals surface area contributed by atoms with Crippen molar-refractivity contribution in [2.75, 3.05) is 13.7 Å². The van der Waals surface area contributed by atoms with Gasteiger partial charge in [0.15, 0.2) is 0 Å². The highest BCUT2D eigenvalue weighted by Crippen LogP contribution is 2.34. The summed E-state index contributed by atoms with van der Waals surface area (Å²) in [5.41, 5.74) is 1.28. The first kappa shape index (κ1) is 21.4. The highest BCUT2D eigenvalue weighted by Gasteiger charge is 2.51. The molecule has 2 N–H and O–H groups in total. The molecule has 0 bridgehead atoms.